The predicted octanol–water partition coefficient (Wildman–Crippen LogP) is 4.61. The van der Waals surface area contributed by atoms with Crippen molar-refractivity contribution in [2.24, 2.45) is 5.92 Å². The third kappa shape index (κ3) is 6.64. The van der Waals surface area contributed by atoms with Crippen molar-refractivity contribution in [1.82, 2.24) is 10.6 Å². The second-order valence-electron chi connectivity index (χ2n) is 9.10. The summed E-state index contributed by atoms with van der Waals surface area (Å²) in [7, 11) is 0. The van der Waals surface area contributed by atoms with E-state index in [0.717, 1.165) is 32.1 Å². The van der Waals surface area contributed by atoms with E-state index in [2.05, 4.69) is 24.5 Å². The molecule has 1 saturated carbocycles. The van der Waals surface area contributed by atoms with Gasteiger partial charge in [-0.1, -0.05) is 30.3 Å². The number of hydrogen-bond acceptors (Lipinski definition) is 3. The number of aliphatic hydroxyl groups excluding tert-OH is 1. The minimum absolute atomic E-state index is 0.00684. The van der Waals surface area contributed by atoms with E-state index in [9.17, 15) is 14.3 Å². The van der Waals surface area contributed by atoms with Crippen LogP contribution in [0.5, 0.6) is 0 Å². The molecule has 1 aliphatic carbocycles. The summed E-state index contributed by atoms with van der Waals surface area (Å²) in [6, 6.07) is 15.7. The standard InChI is InChI=1S/C25H33FN2O2/c1-25(2,27-17-23(29)20-9-6-10-21(26)15-20)16-18-11-13-22(14-12-18)28-24(30)19-7-4-3-5-8-19/h3-10,15,18,22-23,27,29H,11-14,16-17H2,1-2H3,(H,28,30)/t18?,22?,23-/m0/s1. The van der Waals surface area contributed by atoms with Gasteiger partial charge in [0.2, 0.25) is 0 Å². The first kappa shape index (κ1) is 22.4. The first-order valence-corrected chi connectivity index (χ1v) is 10.9. The molecular formula is C25H33FN2O2. The zero-order valence-electron chi connectivity index (χ0n) is 17.9. The van der Waals surface area contributed by atoms with Crippen LogP contribution in [0.25, 0.3) is 0 Å². The topological polar surface area (TPSA) is 61.4 Å². The maximum absolute atomic E-state index is 13.4. The van der Waals surface area contributed by atoms with Gasteiger partial charge in [0.25, 0.3) is 5.91 Å². The molecule has 0 unspecified atom stereocenters. The van der Waals surface area contributed by atoms with Crippen molar-refractivity contribution >= 4 is 5.91 Å². The van der Waals surface area contributed by atoms with Gasteiger partial charge in [-0.2, -0.15) is 0 Å². The molecule has 1 atom stereocenters. The van der Waals surface area contributed by atoms with Crippen molar-refractivity contribution in [3.63, 3.8) is 0 Å². The molecule has 3 rings (SSSR count). The van der Waals surface area contributed by atoms with Gasteiger partial charge in [0, 0.05) is 23.7 Å². The van der Waals surface area contributed by atoms with Crippen molar-refractivity contribution in [3.8, 4) is 0 Å². The van der Waals surface area contributed by atoms with Crippen molar-refractivity contribution in [3.05, 3.63) is 71.5 Å². The van der Waals surface area contributed by atoms with Gasteiger partial charge in [0.05, 0.1) is 6.10 Å². The summed E-state index contributed by atoms with van der Waals surface area (Å²) >= 11 is 0. The van der Waals surface area contributed by atoms with E-state index in [4.69, 9.17) is 0 Å². The number of β-amino-alcohol motifs (C(OH)–C–C–N with tert-alkyl or cyclic N) is 1. The number of rotatable bonds is 8. The molecule has 0 saturated heterocycles. The zero-order chi connectivity index (χ0) is 21.6. The lowest BCUT2D eigenvalue weighted by atomic mass is 9.79. The quantitative estimate of drug-likeness (QED) is 0.594. The van der Waals surface area contributed by atoms with E-state index in [-0.39, 0.29) is 23.3 Å². The summed E-state index contributed by atoms with van der Waals surface area (Å²) in [6.45, 7) is 4.68. The highest BCUT2D eigenvalue weighted by molar-refractivity contribution is 5.94. The predicted molar refractivity (Wildman–Crippen MR) is 118 cm³/mol. The van der Waals surface area contributed by atoms with Crippen molar-refractivity contribution in [2.45, 2.75) is 63.6 Å². The van der Waals surface area contributed by atoms with Crippen molar-refractivity contribution in [2.75, 3.05) is 6.54 Å². The fourth-order valence-corrected chi connectivity index (χ4v) is 4.37. The lowest BCUT2D eigenvalue weighted by Gasteiger charge is -2.36. The summed E-state index contributed by atoms with van der Waals surface area (Å²) in [5, 5.41) is 17.0. The molecule has 0 radical (unpaired) electrons. The van der Waals surface area contributed by atoms with E-state index < -0.39 is 6.10 Å². The monoisotopic (exact) mass is 412 g/mol. The number of nitrogens with one attached hydrogen (secondary N) is 2. The average molecular weight is 413 g/mol. The van der Waals surface area contributed by atoms with Crippen LogP contribution in [0.1, 0.15) is 68.0 Å². The number of aliphatic hydroxyl groups is 1. The third-order valence-electron chi connectivity index (χ3n) is 6.02. The Morgan fingerprint density at radius 2 is 1.80 bits per heavy atom. The van der Waals surface area contributed by atoms with Gasteiger partial charge in [-0.25, -0.2) is 4.39 Å². The molecule has 3 N–H and O–H groups in total. The summed E-state index contributed by atoms with van der Waals surface area (Å²) in [6.07, 6.45) is 4.41. The molecule has 0 aliphatic heterocycles. The van der Waals surface area contributed by atoms with Gasteiger partial charge < -0.3 is 15.7 Å². The number of amides is 1. The van der Waals surface area contributed by atoms with E-state index >= 15 is 0 Å². The minimum Gasteiger partial charge on any atom is -0.387 e. The Labute approximate surface area is 178 Å². The second-order valence-corrected chi connectivity index (χ2v) is 9.10. The highest BCUT2D eigenvalue weighted by atomic mass is 19.1. The van der Waals surface area contributed by atoms with Crippen molar-refractivity contribution < 1.29 is 14.3 Å². The molecule has 5 heteroatoms. The largest absolute Gasteiger partial charge is 0.387 e. The molecule has 30 heavy (non-hydrogen) atoms. The van der Waals surface area contributed by atoms with Crippen LogP contribution in [-0.4, -0.2) is 29.1 Å². The van der Waals surface area contributed by atoms with Crippen LogP contribution in [0.3, 0.4) is 0 Å². The highest BCUT2D eigenvalue weighted by Crippen LogP contribution is 2.31. The van der Waals surface area contributed by atoms with Gasteiger partial charge in [0.15, 0.2) is 0 Å². The number of carbonyl (C=O) groups is 1. The molecule has 162 valence electrons. The molecule has 1 fully saturated rings. The molecule has 0 aromatic heterocycles. The maximum Gasteiger partial charge on any atom is 0.251 e. The molecule has 2 aromatic carbocycles. The molecule has 0 heterocycles. The smallest absolute Gasteiger partial charge is 0.251 e. The summed E-state index contributed by atoms with van der Waals surface area (Å²) in [4.78, 5) is 12.3. The lowest BCUT2D eigenvalue weighted by molar-refractivity contribution is 0.0917. The third-order valence-corrected chi connectivity index (χ3v) is 6.02. The van der Waals surface area contributed by atoms with Crippen LogP contribution >= 0.6 is 0 Å². The Morgan fingerprint density at radius 3 is 2.47 bits per heavy atom. The Morgan fingerprint density at radius 1 is 1.10 bits per heavy atom. The lowest BCUT2D eigenvalue weighted by Crippen LogP contribution is -2.44. The number of carbonyl (C=O) groups excluding carboxylic acids is 1. The van der Waals surface area contributed by atoms with Crippen LogP contribution in [-0.2, 0) is 0 Å². The Kier molecular flexibility index (Phi) is 7.62. The first-order valence-electron chi connectivity index (χ1n) is 10.9. The van der Waals surface area contributed by atoms with Gasteiger partial charge >= 0.3 is 0 Å². The van der Waals surface area contributed by atoms with Gasteiger partial charge in [-0.15, -0.1) is 0 Å². The summed E-state index contributed by atoms with van der Waals surface area (Å²) < 4.78 is 13.4. The van der Waals surface area contributed by atoms with Gasteiger partial charge in [-0.05, 0) is 81.7 Å². The molecule has 0 spiro atoms. The Bertz CT molecular complexity index is 817. The summed E-state index contributed by atoms with van der Waals surface area (Å²) in [5.41, 5.74) is 1.17. The molecular weight excluding hydrogens is 379 g/mol. The zero-order valence-corrected chi connectivity index (χ0v) is 17.9. The second kappa shape index (κ2) is 10.2. The van der Waals surface area contributed by atoms with Crippen LogP contribution in [0.4, 0.5) is 4.39 Å². The van der Waals surface area contributed by atoms with E-state index in [1.54, 1.807) is 12.1 Å². The van der Waals surface area contributed by atoms with Gasteiger partial charge in [0.1, 0.15) is 5.82 Å². The van der Waals surface area contributed by atoms with Crippen LogP contribution in [0.15, 0.2) is 54.6 Å². The van der Waals surface area contributed by atoms with Crippen LogP contribution in [0.2, 0.25) is 0 Å². The fourth-order valence-electron chi connectivity index (χ4n) is 4.37. The van der Waals surface area contributed by atoms with Crippen LogP contribution in [0, 0.1) is 11.7 Å². The maximum atomic E-state index is 13.4. The molecule has 0 bridgehead atoms. The number of hydrogen-bond donors (Lipinski definition) is 3. The molecule has 1 amide bonds. The Hall–Kier alpha value is -2.24. The fraction of sp³-hybridized carbons (Fsp3) is 0.480. The molecule has 1 aliphatic rings. The normalized spacial score (nSPS) is 20.5. The number of benzene rings is 2. The average Bonchev–Trinajstić information content (AvgIpc) is 2.74. The minimum atomic E-state index is -0.732. The Balaban J connectivity index is 1.41. The molecule has 4 nitrogen and oxygen atoms in total. The van der Waals surface area contributed by atoms with E-state index in [0.29, 0.717) is 23.6 Å². The van der Waals surface area contributed by atoms with E-state index in [1.165, 1.54) is 12.1 Å². The summed E-state index contributed by atoms with van der Waals surface area (Å²) in [5.74, 6) is 0.262. The number of halogens is 1. The SMILES string of the molecule is CC(C)(CC1CCC(NC(=O)c2ccccc2)CC1)NC[C@H](O)c1cccc(F)c1. The van der Waals surface area contributed by atoms with Crippen molar-refractivity contribution in [1.29, 1.82) is 0 Å². The van der Waals surface area contributed by atoms with Crippen LogP contribution < -0.4 is 10.6 Å². The molecule has 2 aromatic rings. The highest BCUT2D eigenvalue weighted by Gasteiger charge is 2.28. The first-order chi connectivity index (χ1) is 14.3. The van der Waals surface area contributed by atoms with Gasteiger partial charge in [-0.3, -0.25) is 4.79 Å². The van der Waals surface area contributed by atoms with E-state index in [1.807, 2.05) is 30.3 Å².